The summed E-state index contributed by atoms with van der Waals surface area (Å²) < 4.78 is 12.7. The van der Waals surface area contributed by atoms with Gasteiger partial charge in [0.25, 0.3) is 0 Å². The molecule has 1 fully saturated rings. The third-order valence-electron chi connectivity index (χ3n) is 3.16. The van der Waals surface area contributed by atoms with Gasteiger partial charge < -0.3 is 15.3 Å². The lowest BCUT2D eigenvalue weighted by molar-refractivity contribution is 0.136. The van der Waals surface area contributed by atoms with Gasteiger partial charge in [0.05, 0.1) is 0 Å². The molecule has 0 aromatic heterocycles. The van der Waals surface area contributed by atoms with E-state index in [2.05, 4.69) is 5.32 Å². The Morgan fingerprint density at radius 2 is 2.17 bits per heavy atom. The van der Waals surface area contributed by atoms with Crippen LogP contribution in [0.2, 0.25) is 0 Å². The minimum absolute atomic E-state index is 0.111. The molecule has 4 nitrogen and oxygen atoms in total. The highest BCUT2D eigenvalue weighted by molar-refractivity contribution is 5.89. The molecule has 0 saturated carbocycles. The molecule has 0 aliphatic carbocycles. The van der Waals surface area contributed by atoms with E-state index in [9.17, 15) is 9.18 Å². The predicted molar refractivity (Wildman–Crippen MR) is 66.8 cm³/mol. The van der Waals surface area contributed by atoms with E-state index in [-0.39, 0.29) is 24.4 Å². The number of nitrogens with one attached hydrogen (secondary N) is 1. The first kappa shape index (κ1) is 12.8. The number of piperidine rings is 1. The smallest absolute Gasteiger partial charge is 0.321 e. The molecule has 1 saturated heterocycles. The van der Waals surface area contributed by atoms with Crippen LogP contribution in [0.3, 0.4) is 0 Å². The molecule has 2 rings (SSSR count). The van der Waals surface area contributed by atoms with Gasteiger partial charge in [0.1, 0.15) is 5.82 Å². The summed E-state index contributed by atoms with van der Waals surface area (Å²) in [5.41, 5.74) is 0.576. The highest BCUT2D eigenvalue weighted by atomic mass is 19.1. The SMILES string of the molecule is O=C(Nc1ccc(F)cc1)N1CCCC(CO)C1. The van der Waals surface area contributed by atoms with Gasteiger partial charge in [-0.15, -0.1) is 0 Å². The third-order valence-corrected chi connectivity index (χ3v) is 3.16. The Labute approximate surface area is 105 Å². The van der Waals surface area contributed by atoms with Crippen molar-refractivity contribution in [1.29, 1.82) is 0 Å². The van der Waals surface area contributed by atoms with E-state index in [1.54, 1.807) is 4.90 Å². The highest BCUT2D eigenvalue weighted by Gasteiger charge is 2.22. The number of aliphatic hydroxyl groups is 1. The van der Waals surface area contributed by atoms with Gasteiger partial charge >= 0.3 is 6.03 Å². The number of urea groups is 1. The normalized spacial score (nSPS) is 19.7. The van der Waals surface area contributed by atoms with E-state index in [1.165, 1.54) is 24.3 Å². The van der Waals surface area contributed by atoms with E-state index >= 15 is 0 Å². The number of hydrogen-bond donors (Lipinski definition) is 2. The van der Waals surface area contributed by atoms with Crippen molar-refractivity contribution in [2.75, 3.05) is 25.0 Å². The van der Waals surface area contributed by atoms with Crippen LogP contribution in [0.25, 0.3) is 0 Å². The van der Waals surface area contributed by atoms with Crippen LogP contribution in [0.15, 0.2) is 24.3 Å². The highest BCUT2D eigenvalue weighted by Crippen LogP contribution is 2.17. The molecule has 1 aromatic carbocycles. The van der Waals surface area contributed by atoms with Crippen molar-refractivity contribution in [3.05, 3.63) is 30.1 Å². The van der Waals surface area contributed by atoms with Crippen molar-refractivity contribution < 1.29 is 14.3 Å². The molecule has 1 unspecified atom stereocenters. The predicted octanol–water partition coefficient (Wildman–Crippen LogP) is 2.06. The van der Waals surface area contributed by atoms with Crippen LogP contribution in [-0.2, 0) is 0 Å². The van der Waals surface area contributed by atoms with E-state index in [4.69, 9.17) is 5.11 Å². The summed E-state index contributed by atoms with van der Waals surface area (Å²) in [5.74, 6) is -0.163. The lowest BCUT2D eigenvalue weighted by Gasteiger charge is -2.31. The summed E-state index contributed by atoms with van der Waals surface area (Å²) in [6, 6.07) is 5.48. The van der Waals surface area contributed by atoms with Crippen LogP contribution in [-0.4, -0.2) is 35.7 Å². The van der Waals surface area contributed by atoms with Crippen molar-refractivity contribution in [3.63, 3.8) is 0 Å². The number of aliphatic hydroxyl groups excluding tert-OH is 1. The van der Waals surface area contributed by atoms with E-state index in [0.29, 0.717) is 18.8 Å². The maximum atomic E-state index is 12.7. The van der Waals surface area contributed by atoms with Crippen molar-refractivity contribution in [1.82, 2.24) is 4.90 Å². The second-order valence-electron chi connectivity index (χ2n) is 4.57. The number of benzene rings is 1. The fourth-order valence-corrected chi connectivity index (χ4v) is 2.13. The molecule has 0 radical (unpaired) electrons. The van der Waals surface area contributed by atoms with Crippen molar-refractivity contribution in [3.8, 4) is 0 Å². The Balaban J connectivity index is 1.93. The van der Waals surface area contributed by atoms with Gasteiger partial charge in [0.2, 0.25) is 0 Å². The zero-order chi connectivity index (χ0) is 13.0. The quantitative estimate of drug-likeness (QED) is 0.846. The zero-order valence-electron chi connectivity index (χ0n) is 10.1. The largest absolute Gasteiger partial charge is 0.396 e. The topological polar surface area (TPSA) is 52.6 Å². The van der Waals surface area contributed by atoms with Crippen molar-refractivity contribution >= 4 is 11.7 Å². The Morgan fingerprint density at radius 3 is 2.83 bits per heavy atom. The van der Waals surface area contributed by atoms with E-state index < -0.39 is 0 Å². The molecule has 0 spiro atoms. The molecule has 98 valence electrons. The van der Waals surface area contributed by atoms with E-state index in [1.807, 2.05) is 0 Å². The van der Waals surface area contributed by atoms with Gasteiger partial charge in [-0.25, -0.2) is 9.18 Å². The lowest BCUT2D eigenvalue weighted by atomic mass is 9.99. The summed E-state index contributed by atoms with van der Waals surface area (Å²) in [7, 11) is 0. The van der Waals surface area contributed by atoms with Gasteiger partial charge in [-0.2, -0.15) is 0 Å². The second kappa shape index (κ2) is 5.82. The number of hydrogen-bond acceptors (Lipinski definition) is 2. The van der Waals surface area contributed by atoms with Gasteiger partial charge in [-0.3, -0.25) is 0 Å². The minimum atomic E-state index is -0.327. The molecule has 1 aliphatic rings. The van der Waals surface area contributed by atoms with Crippen LogP contribution < -0.4 is 5.32 Å². The first-order valence-corrected chi connectivity index (χ1v) is 6.11. The monoisotopic (exact) mass is 252 g/mol. The zero-order valence-corrected chi connectivity index (χ0v) is 10.1. The van der Waals surface area contributed by atoms with E-state index in [0.717, 1.165) is 12.8 Å². The molecule has 1 aromatic rings. The molecule has 1 heterocycles. The molecule has 5 heteroatoms. The fraction of sp³-hybridized carbons (Fsp3) is 0.462. The van der Waals surface area contributed by atoms with Crippen LogP contribution >= 0.6 is 0 Å². The average molecular weight is 252 g/mol. The van der Waals surface area contributed by atoms with Crippen LogP contribution in [0.1, 0.15) is 12.8 Å². The van der Waals surface area contributed by atoms with Gasteiger partial charge in [-0.05, 0) is 43.0 Å². The molecule has 0 bridgehead atoms. The van der Waals surface area contributed by atoms with Gasteiger partial charge in [0.15, 0.2) is 0 Å². The first-order valence-electron chi connectivity index (χ1n) is 6.11. The van der Waals surface area contributed by atoms with Gasteiger partial charge in [-0.1, -0.05) is 0 Å². The van der Waals surface area contributed by atoms with Crippen molar-refractivity contribution in [2.24, 2.45) is 5.92 Å². The number of carbonyl (C=O) groups excluding carboxylic acids is 1. The summed E-state index contributed by atoms with van der Waals surface area (Å²) in [4.78, 5) is 13.6. The second-order valence-corrected chi connectivity index (χ2v) is 4.57. The summed E-state index contributed by atoms with van der Waals surface area (Å²) in [5, 5.41) is 11.8. The fourth-order valence-electron chi connectivity index (χ4n) is 2.13. The van der Waals surface area contributed by atoms with Crippen LogP contribution in [0, 0.1) is 11.7 Å². The van der Waals surface area contributed by atoms with Crippen LogP contribution in [0.5, 0.6) is 0 Å². The summed E-state index contributed by atoms with van der Waals surface area (Å²) in [6.45, 7) is 1.38. The summed E-state index contributed by atoms with van der Waals surface area (Å²) in [6.07, 6.45) is 1.86. The average Bonchev–Trinajstić information content (AvgIpc) is 2.41. The Hall–Kier alpha value is -1.62. The number of anilines is 1. The minimum Gasteiger partial charge on any atom is -0.396 e. The summed E-state index contributed by atoms with van der Waals surface area (Å²) >= 11 is 0. The maximum absolute atomic E-state index is 12.7. The number of likely N-dealkylation sites (tertiary alicyclic amines) is 1. The molecule has 2 amide bonds. The van der Waals surface area contributed by atoms with Crippen LogP contribution in [0.4, 0.5) is 14.9 Å². The molecule has 1 aliphatic heterocycles. The van der Waals surface area contributed by atoms with Crippen molar-refractivity contribution in [2.45, 2.75) is 12.8 Å². The van der Waals surface area contributed by atoms with Gasteiger partial charge in [0, 0.05) is 25.4 Å². The molecular formula is C13H17FN2O2. The number of amides is 2. The Morgan fingerprint density at radius 1 is 1.44 bits per heavy atom. The first-order chi connectivity index (χ1) is 8.69. The Bertz CT molecular complexity index is 408. The molecule has 1 atom stereocenters. The number of carbonyl (C=O) groups is 1. The number of halogens is 1. The lowest BCUT2D eigenvalue weighted by Crippen LogP contribution is -2.43. The number of rotatable bonds is 2. The standard InChI is InChI=1S/C13H17FN2O2/c14-11-3-5-12(6-4-11)15-13(18)16-7-1-2-10(8-16)9-17/h3-6,10,17H,1-2,7-9H2,(H,15,18). The number of nitrogens with zero attached hydrogens (tertiary/aromatic N) is 1. The Kier molecular flexibility index (Phi) is 4.15. The maximum Gasteiger partial charge on any atom is 0.321 e. The molecule has 18 heavy (non-hydrogen) atoms. The third kappa shape index (κ3) is 3.20. The molecular weight excluding hydrogens is 235 g/mol. The molecule has 2 N–H and O–H groups in total.